The number of carbonyl (C=O) groups excluding carboxylic acids is 1. The van der Waals surface area contributed by atoms with Crippen LogP contribution in [0.3, 0.4) is 0 Å². The smallest absolute Gasteiger partial charge is 0.323 e. The van der Waals surface area contributed by atoms with Gasteiger partial charge in [-0.2, -0.15) is 0 Å². The highest BCUT2D eigenvalue weighted by Crippen LogP contribution is 2.09. The molecule has 0 saturated carbocycles. The Labute approximate surface area is 89.6 Å². The van der Waals surface area contributed by atoms with Crippen LogP contribution in [-0.2, 0) is 9.59 Å². The second-order valence-corrected chi connectivity index (χ2v) is 3.64. The van der Waals surface area contributed by atoms with E-state index in [9.17, 15) is 9.59 Å². The number of carboxylic acids is 1. The van der Waals surface area contributed by atoms with E-state index in [1.165, 1.54) is 11.0 Å². The summed E-state index contributed by atoms with van der Waals surface area (Å²) in [4.78, 5) is 23.5. The molecule has 0 aliphatic carbocycles. The Bertz CT molecular complexity index is 261. The highest BCUT2D eigenvalue weighted by Gasteiger charge is 2.31. The standard InChI is InChI=1S/C10H18N2O3/c1-4-6-12(7-8(13)14)9(15)10(3,11)5-2/h4H,1,5-7,11H2,2-3H3,(H,13,14). The van der Waals surface area contributed by atoms with Gasteiger partial charge in [0.1, 0.15) is 6.54 Å². The number of hydrogen-bond donors (Lipinski definition) is 2. The van der Waals surface area contributed by atoms with Gasteiger partial charge in [0.2, 0.25) is 5.91 Å². The van der Waals surface area contributed by atoms with Gasteiger partial charge in [0.15, 0.2) is 0 Å². The lowest BCUT2D eigenvalue weighted by Crippen LogP contribution is -2.54. The van der Waals surface area contributed by atoms with E-state index in [-0.39, 0.29) is 19.0 Å². The molecule has 1 atom stereocenters. The quantitative estimate of drug-likeness (QED) is 0.619. The molecule has 0 radical (unpaired) electrons. The largest absolute Gasteiger partial charge is 0.480 e. The molecule has 1 amide bonds. The van der Waals surface area contributed by atoms with Crippen molar-refractivity contribution >= 4 is 11.9 Å². The summed E-state index contributed by atoms with van der Waals surface area (Å²) in [6, 6.07) is 0. The van der Waals surface area contributed by atoms with Gasteiger partial charge in [-0.25, -0.2) is 0 Å². The van der Waals surface area contributed by atoms with Gasteiger partial charge >= 0.3 is 5.97 Å². The molecule has 1 unspecified atom stereocenters. The van der Waals surface area contributed by atoms with E-state index in [1.54, 1.807) is 13.8 Å². The van der Waals surface area contributed by atoms with Gasteiger partial charge in [-0.3, -0.25) is 9.59 Å². The maximum absolute atomic E-state index is 11.8. The third-order valence-corrected chi connectivity index (χ3v) is 2.19. The third kappa shape index (κ3) is 4.12. The minimum absolute atomic E-state index is 0.192. The first-order valence-corrected chi connectivity index (χ1v) is 4.76. The molecule has 5 heteroatoms. The Kier molecular flexibility index (Phi) is 5.00. The SMILES string of the molecule is C=CCN(CC(=O)O)C(=O)C(C)(N)CC. The lowest BCUT2D eigenvalue weighted by molar-refractivity contribution is -0.146. The molecule has 0 aromatic rings. The van der Waals surface area contributed by atoms with E-state index in [0.717, 1.165) is 0 Å². The van der Waals surface area contributed by atoms with Crippen LogP contribution in [0, 0.1) is 0 Å². The number of nitrogens with two attached hydrogens (primary N) is 1. The van der Waals surface area contributed by atoms with Gasteiger partial charge < -0.3 is 15.7 Å². The Balaban J connectivity index is 4.68. The van der Waals surface area contributed by atoms with Crippen LogP contribution in [0.15, 0.2) is 12.7 Å². The molecule has 0 heterocycles. The maximum Gasteiger partial charge on any atom is 0.323 e. The van der Waals surface area contributed by atoms with Gasteiger partial charge in [-0.1, -0.05) is 13.0 Å². The minimum Gasteiger partial charge on any atom is -0.480 e. The zero-order valence-corrected chi connectivity index (χ0v) is 9.19. The summed E-state index contributed by atoms with van der Waals surface area (Å²) in [7, 11) is 0. The number of rotatable bonds is 6. The lowest BCUT2D eigenvalue weighted by atomic mass is 9.98. The Morgan fingerprint density at radius 2 is 2.13 bits per heavy atom. The van der Waals surface area contributed by atoms with Crippen molar-refractivity contribution in [3.05, 3.63) is 12.7 Å². The van der Waals surface area contributed by atoms with Crippen LogP contribution >= 0.6 is 0 Å². The van der Waals surface area contributed by atoms with E-state index in [0.29, 0.717) is 6.42 Å². The fourth-order valence-electron chi connectivity index (χ4n) is 1.05. The van der Waals surface area contributed by atoms with Crippen molar-refractivity contribution in [3.8, 4) is 0 Å². The molecule has 0 bridgehead atoms. The van der Waals surface area contributed by atoms with Crippen LogP contribution in [0.1, 0.15) is 20.3 Å². The molecule has 0 spiro atoms. The normalized spacial score (nSPS) is 14.1. The van der Waals surface area contributed by atoms with Crippen molar-refractivity contribution in [2.75, 3.05) is 13.1 Å². The Hall–Kier alpha value is -1.36. The molecule has 86 valence electrons. The highest BCUT2D eigenvalue weighted by molar-refractivity contribution is 5.88. The van der Waals surface area contributed by atoms with E-state index in [1.807, 2.05) is 0 Å². The van der Waals surface area contributed by atoms with Crippen molar-refractivity contribution in [2.45, 2.75) is 25.8 Å². The number of carbonyl (C=O) groups is 2. The number of carboxylic acid groups (broad SMARTS) is 1. The van der Waals surface area contributed by atoms with E-state index < -0.39 is 11.5 Å². The van der Waals surface area contributed by atoms with Crippen LogP contribution in [0.4, 0.5) is 0 Å². The average molecular weight is 214 g/mol. The number of amides is 1. The predicted octanol–water partition coefficient (Wildman–Crippen LogP) is 0.213. The molecular weight excluding hydrogens is 196 g/mol. The van der Waals surface area contributed by atoms with Crippen molar-refractivity contribution in [1.82, 2.24) is 4.90 Å². The molecule has 0 rings (SSSR count). The number of hydrogen-bond acceptors (Lipinski definition) is 3. The summed E-state index contributed by atoms with van der Waals surface area (Å²) >= 11 is 0. The van der Waals surface area contributed by atoms with Gasteiger partial charge in [-0.05, 0) is 13.3 Å². The van der Waals surface area contributed by atoms with Crippen molar-refractivity contribution < 1.29 is 14.7 Å². The fraction of sp³-hybridized carbons (Fsp3) is 0.600. The predicted molar refractivity (Wildman–Crippen MR) is 57.3 cm³/mol. The summed E-state index contributed by atoms with van der Waals surface area (Å²) < 4.78 is 0. The number of aliphatic carboxylic acids is 1. The second-order valence-electron chi connectivity index (χ2n) is 3.64. The topological polar surface area (TPSA) is 83.6 Å². The molecule has 0 saturated heterocycles. The van der Waals surface area contributed by atoms with Crippen LogP contribution in [-0.4, -0.2) is 40.5 Å². The molecule has 3 N–H and O–H groups in total. The monoisotopic (exact) mass is 214 g/mol. The molecule has 0 aliphatic rings. The first-order valence-electron chi connectivity index (χ1n) is 4.76. The van der Waals surface area contributed by atoms with Crippen LogP contribution in [0.2, 0.25) is 0 Å². The third-order valence-electron chi connectivity index (χ3n) is 2.19. The minimum atomic E-state index is -1.06. The van der Waals surface area contributed by atoms with E-state index in [2.05, 4.69) is 6.58 Å². The molecule has 5 nitrogen and oxygen atoms in total. The first kappa shape index (κ1) is 13.6. The molecule has 0 aliphatic heterocycles. The fourth-order valence-corrected chi connectivity index (χ4v) is 1.05. The summed E-state index contributed by atoms with van der Waals surface area (Å²) in [5, 5.41) is 8.63. The zero-order valence-electron chi connectivity index (χ0n) is 9.19. The van der Waals surface area contributed by atoms with Crippen molar-refractivity contribution in [3.63, 3.8) is 0 Å². The second kappa shape index (κ2) is 5.50. The maximum atomic E-state index is 11.8. The summed E-state index contributed by atoms with van der Waals surface area (Å²) in [6.45, 7) is 6.69. The molecule has 0 aromatic carbocycles. The first-order chi connectivity index (χ1) is 6.85. The van der Waals surface area contributed by atoms with Crippen molar-refractivity contribution in [1.29, 1.82) is 0 Å². The van der Waals surface area contributed by atoms with E-state index >= 15 is 0 Å². The van der Waals surface area contributed by atoms with Gasteiger partial charge in [0.25, 0.3) is 0 Å². The summed E-state index contributed by atoms with van der Waals surface area (Å²) in [6.07, 6.45) is 1.94. The zero-order chi connectivity index (χ0) is 12.1. The van der Waals surface area contributed by atoms with Crippen LogP contribution < -0.4 is 5.73 Å². The molecule has 0 fully saturated rings. The average Bonchev–Trinajstić information content (AvgIpc) is 2.15. The molecule has 15 heavy (non-hydrogen) atoms. The van der Waals surface area contributed by atoms with E-state index in [4.69, 9.17) is 10.8 Å². The van der Waals surface area contributed by atoms with Gasteiger partial charge in [0.05, 0.1) is 5.54 Å². The summed E-state index contributed by atoms with van der Waals surface area (Å²) in [5.41, 5.74) is 4.73. The van der Waals surface area contributed by atoms with Crippen LogP contribution in [0.5, 0.6) is 0 Å². The summed E-state index contributed by atoms with van der Waals surface area (Å²) in [5.74, 6) is -1.43. The lowest BCUT2D eigenvalue weighted by Gasteiger charge is -2.29. The molecular formula is C10H18N2O3. The Morgan fingerprint density at radius 1 is 1.60 bits per heavy atom. The van der Waals surface area contributed by atoms with Gasteiger partial charge in [-0.15, -0.1) is 6.58 Å². The Morgan fingerprint density at radius 3 is 2.47 bits per heavy atom. The van der Waals surface area contributed by atoms with Crippen LogP contribution in [0.25, 0.3) is 0 Å². The van der Waals surface area contributed by atoms with Gasteiger partial charge in [0, 0.05) is 6.54 Å². The number of nitrogens with zero attached hydrogens (tertiary/aromatic N) is 1. The highest BCUT2D eigenvalue weighted by atomic mass is 16.4. The van der Waals surface area contributed by atoms with Crippen molar-refractivity contribution in [2.24, 2.45) is 5.73 Å². The molecule has 0 aromatic heterocycles.